The van der Waals surface area contributed by atoms with Gasteiger partial charge in [0.15, 0.2) is 0 Å². The third-order valence-corrected chi connectivity index (χ3v) is 8.11. The van der Waals surface area contributed by atoms with Crippen LogP contribution < -0.4 is 0 Å². The Balaban J connectivity index is 1.42. The molecular formula is C22H22BrClN4O4S. The molecule has 2 aromatic carbocycles. The van der Waals surface area contributed by atoms with Crippen LogP contribution in [0.15, 0.2) is 62.4 Å². The van der Waals surface area contributed by atoms with E-state index in [1.165, 1.54) is 21.3 Å². The van der Waals surface area contributed by atoms with Crippen molar-refractivity contribution in [3.8, 4) is 11.4 Å². The van der Waals surface area contributed by atoms with E-state index in [9.17, 15) is 13.2 Å². The van der Waals surface area contributed by atoms with E-state index in [0.29, 0.717) is 36.1 Å². The number of carbonyl (C=O) groups excluding carboxylic acids is 1. The Morgan fingerprint density at radius 2 is 2.03 bits per heavy atom. The molecule has 0 radical (unpaired) electrons. The van der Waals surface area contributed by atoms with Crippen molar-refractivity contribution in [3.05, 3.63) is 63.9 Å². The number of hydrogen-bond acceptors (Lipinski definition) is 6. The van der Waals surface area contributed by atoms with Gasteiger partial charge in [-0.05, 0) is 49.2 Å². The van der Waals surface area contributed by atoms with Crippen LogP contribution in [0, 0.1) is 5.92 Å². The molecule has 0 aliphatic carbocycles. The minimum atomic E-state index is -3.70. The first-order chi connectivity index (χ1) is 15.7. The van der Waals surface area contributed by atoms with E-state index in [-0.39, 0.29) is 23.9 Å². The quantitative estimate of drug-likeness (QED) is 0.454. The molecule has 4 rings (SSSR count). The highest BCUT2D eigenvalue weighted by molar-refractivity contribution is 9.10. The van der Waals surface area contributed by atoms with Crippen LogP contribution in [-0.4, -0.2) is 53.8 Å². The normalized spacial score (nSPS) is 17.1. The van der Waals surface area contributed by atoms with Crippen molar-refractivity contribution in [2.75, 3.05) is 20.1 Å². The van der Waals surface area contributed by atoms with E-state index >= 15 is 0 Å². The lowest BCUT2D eigenvalue weighted by Gasteiger charge is -2.33. The van der Waals surface area contributed by atoms with E-state index in [1.807, 2.05) is 24.3 Å². The van der Waals surface area contributed by atoms with Crippen molar-refractivity contribution in [2.45, 2.75) is 24.3 Å². The van der Waals surface area contributed by atoms with Crippen LogP contribution >= 0.6 is 27.5 Å². The van der Waals surface area contributed by atoms with Crippen molar-refractivity contribution in [1.29, 1.82) is 0 Å². The monoisotopic (exact) mass is 552 g/mol. The summed E-state index contributed by atoms with van der Waals surface area (Å²) in [7, 11) is -2.05. The zero-order valence-electron chi connectivity index (χ0n) is 17.8. The summed E-state index contributed by atoms with van der Waals surface area (Å²) >= 11 is 9.29. The van der Waals surface area contributed by atoms with Crippen LogP contribution in [0.25, 0.3) is 11.4 Å². The largest absolute Gasteiger partial charge is 0.337 e. The van der Waals surface area contributed by atoms with E-state index in [2.05, 4.69) is 26.1 Å². The van der Waals surface area contributed by atoms with Gasteiger partial charge in [-0.25, -0.2) is 8.42 Å². The summed E-state index contributed by atoms with van der Waals surface area (Å²) in [4.78, 5) is 19.1. The second-order valence-corrected chi connectivity index (χ2v) is 11.2. The fourth-order valence-corrected chi connectivity index (χ4v) is 5.82. The molecule has 1 aliphatic heterocycles. The first kappa shape index (κ1) is 23.9. The molecular weight excluding hydrogens is 532 g/mol. The van der Waals surface area contributed by atoms with E-state index in [1.54, 1.807) is 19.2 Å². The zero-order valence-corrected chi connectivity index (χ0v) is 21.0. The number of benzene rings is 2. The smallest absolute Gasteiger partial charge is 0.246 e. The average Bonchev–Trinajstić information content (AvgIpc) is 3.27. The average molecular weight is 554 g/mol. The Hall–Kier alpha value is -2.27. The molecule has 1 aliphatic rings. The second-order valence-electron chi connectivity index (χ2n) is 7.87. The van der Waals surface area contributed by atoms with Crippen LogP contribution in [-0.2, 0) is 21.4 Å². The Kier molecular flexibility index (Phi) is 7.18. The molecule has 33 heavy (non-hydrogen) atoms. The van der Waals surface area contributed by atoms with Gasteiger partial charge in [0.05, 0.1) is 17.4 Å². The zero-order chi connectivity index (χ0) is 23.6. The van der Waals surface area contributed by atoms with Gasteiger partial charge in [-0.15, -0.1) is 0 Å². The molecule has 1 saturated heterocycles. The van der Waals surface area contributed by atoms with E-state index < -0.39 is 15.9 Å². The first-order valence-corrected chi connectivity index (χ1v) is 12.9. The predicted octanol–water partition coefficient (Wildman–Crippen LogP) is 4.21. The molecule has 3 aromatic rings. The lowest BCUT2D eigenvalue weighted by Crippen LogP contribution is -2.45. The summed E-state index contributed by atoms with van der Waals surface area (Å²) in [5, 5.41) is 4.46. The Bertz CT molecular complexity index is 1250. The number of aromatic nitrogens is 2. The Morgan fingerprint density at radius 3 is 2.76 bits per heavy atom. The van der Waals surface area contributed by atoms with Gasteiger partial charge in [-0.2, -0.15) is 9.29 Å². The summed E-state index contributed by atoms with van der Waals surface area (Å²) in [6.07, 6.45) is 1.22. The molecule has 0 bridgehead atoms. The molecule has 1 fully saturated rings. The number of nitrogens with zero attached hydrogens (tertiary/aromatic N) is 4. The minimum Gasteiger partial charge on any atom is -0.337 e. The predicted molar refractivity (Wildman–Crippen MR) is 127 cm³/mol. The fraction of sp³-hybridized carbons (Fsp3) is 0.318. The SMILES string of the molecule is CN(Cc1nc(-c2cccc(Br)c2)no1)C(=O)[C@@H]1CCCN(S(=O)(=O)c2ccc(Cl)cc2)C1. The molecule has 0 unspecified atom stereocenters. The molecule has 174 valence electrons. The number of hydrogen-bond donors (Lipinski definition) is 0. The number of rotatable bonds is 6. The molecule has 1 amide bonds. The molecule has 8 nitrogen and oxygen atoms in total. The van der Waals surface area contributed by atoms with E-state index in [4.69, 9.17) is 16.1 Å². The number of piperidine rings is 1. The molecule has 1 atom stereocenters. The number of amides is 1. The molecule has 11 heteroatoms. The summed E-state index contributed by atoms with van der Waals surface area (Å²) < 4.78 is 33.6. The lowest BCUT2D eigenvalue weighted by molar-refractivity contribution is -0.136. The van der Waals surface area contributed by atoms with Gasteiger partial charge in [-0.3, -0.25) is 4.79 Å². The molecule has 2 heterocycles. The van der Waals surface area contributed by atoms with E-state index in [0.717, 1.165) is 10.0 Å². The topological polar surface area (TPSA) is 96.6 Å². The van der Waals surface area contributed by atoms with Crippen LogP contribution in [0.3, 0.4) is 0 Å². The van der Waals surface area contributed by atoms with Gasteiger partial charge >= 0.3 is 0 Å². The Labute approximate surface area is 205 Å². The molecule has 0 saturated carbocycles. The van der Waals surface area contributed by atoms with Gasteiger partial charge in [0.1, 0.15) is 0 Å². The number of halogens is 2. The molecule has 0 N–H and O–H groups in total. The number of sulfonamides is 1. The maximum absolute atomic E-state index is 13.1. The maximum Gasteiger partial charge on any atom is 0.246 e. The maximum atomic E-state index is 13.1. The first-order valence-electron chi connectivity index (χ1n) is 10.3. The lowest BCUT2D eigenvalue weighted by atomic mass is 9.98. The van der Waals surface area contributed by atoms with Gasteiger partial charge in [0.2, 0.25) is 27.6 Å². The second kappa shape index (κ2) is 9.92. The third-order valence-electron chi connectivity index (χ3n) is 5.48. The van der Waals surface area contributed by atoms with Crippen molar-refractivity contribution in [2.24, 2.45) is 5.92 Å². The Morgan fingerprint density at radius 1 is 1.27 bits per heavy atom. The van der Waals surface area contributed by atoms with Gasteiger partial charge in [-0.1, -0.05) is 44.8 Å². The minimum absolute atomic E-state index is 0.126. The van der Waals surface area contributed by atoms with Crippen LogP contribution in [0.4, 0.5) is 0 Å². The highest BCUT2D eigenvalue weighted by atomic mass is 79.9. The fourth-order valence-electron chi connectivity index (χ4n) is 3.77. The van der Waals surface area contributed by atoms with Gasteiger partial charge < -0.3 is 9.42 Å². The third kappa shape index (κ3) is 5.46. The summed E-state index contributed by atoms with van der Waals surface area (Å²) in [6.45, 7) is 0.639. The molecule has 1 aromatic heterocycles. The molecule has 0 spiro atoms. The van der Waals surface area contributed by atoms with Gasteiger partial charge in [0, 0.05) is 35.2 Å². The van der Waals surface area contributed by atoms with Crippen molar-refractivity contribution >= 4 is 43.5 Å². The van der Waals surface area contributed by atoms with Crippen molar-refractivity contribution < 1.29 is 17.7 Å². The summed E-state index contributed by atoms with van der Waals surface area (Å²) in [5.41, 5.74) is 0.795. The highest BCUT2D eigenvalue weighted by Crippen LogP contribution is 2.26. The van der Waals surface area contributed by atoms with Crippen molar-refractivity contribution in [3.63, 3.8) is 0 Å². The van der Waals surface area contributed by atoms with Crippen LogP contribution in [0.5, 0.6) is 0 Å². The van der Waals surface area contributed by atoms with Gasteiger partial charge in [0.25, 0.3) is 0 Å². The van der Waals surface area contributed by atoms with Crippen molar-refractivity contribution in [1.82, 2.24) is 19.3 Å². The highest BCUT2D eigenvalue weighted by Gasteiger charge is 2.34. The summed E-state index contributed by atoms with van der Waals surface area (Å²) in [6, 6.07) is 13.6. The van der Waals surface area contributed by atoms with Crippen LogP contribution in [0.1, 0.15) is 18.7 Å². The number of carbonyl (C=O) groups is 1. The van der Waals surface area contributed by atoms with Crippen LogP contribution in [0.2, 0.25) is 5.02 Å². The standard InChI is InChI=1S/C22H22BrClN4O4S/c1-27(14-20-25-21(26-32-20)15-4-2-6-17(23)12-15)22(29)16-5-3-11-28(13-16)33(30,31)19-9-7-18(24)8-10-19/h2,4,6-10,12,16H,3,5,11,13-14H2,1H3/t16-/m1/s1. The summed E-state index contributed by atoms with van der Waals surface area (Å²) in [5.74, 6) is 0.138.